The van der Waals surface area contributed by atoms with Crippen molar-refractivity contribution < 1.29 is 18.8 Å². The largest absolute Gasteiger partial charge is 0.369 e. The third-order valence-corrected chi connectivity index (χ3v) is 6.32. The summed E-state index contributed by atoms with van der Waals surface area (Å²) in [6.45, 7) is 5.58. The summed E-state index contributed by atoms with van der Waals surface area (Å²) in [4.78, 5) is 46.9. The zero-order valence-electron chi connectivity index (χ0n) is 17.7. The highest BCUT2D eigenvalue weighted by molar-refractivity contribution is 6.06. The van der Waals surface area contributed by atoms with Crippen molar-refractivity contribution in [3.05, 3.63) is 40.7 Å². The van der Waals surface area contributed by atoms with Crippen molar-refractivity contribution in [2.75, 3.05) is 31.1 Å². The van der Waals surface area contributed by atoms with Gasteiger partial charge < -0.3 is 9.80 Å². The first-order valence-corrected chi connectivity index (χ1v) is 10.7. The van der Waals surface area contributed by atoms with E-state index in [1.807, 2.05) is 6.92 Å². The van der Waals surface area contributed by atoms with Crippen molar-refractivity contribution in [3.63, 3.8) is 0 Å². The number of benzene rings is 1. The summed E-state index contributed by atoms with van der Waals surface area (Å²) in [5, 5.41) is 9.32. The van der Waals surface area contributed by atoms with Crippen molar-refractivity contribution in [2.24, 2.45) is 0 Å². The Bertz CT molecular complexity index is 1090. The predicted octanol–water partition coefficient (Wildman–Crippen LogP) is 0.335. The number of nitrogens with zero attached hydrogens (tertiary/aromatic N) is 5. The minimum absolute atomic E-state index is 0.185. The minimum atomic E-state index is -0.717. The quantitative estimate of drug-likeness (QED) is 0.658. The maximum Gasteiger partial charge on any atom is 0.255 e. The van der Waals surface area contributed by atoms with Crippen LogP contribution < -0.4 is 10.2 Å². The number of aromatic amines is 1. The van der Waals surface area contributed by atoms with E-state index in [0.29, 0.717) is 30.9 Å². The molecular weight excluding hydrogens is 417 g/mol. The van der Waals surface area contributed by atoms with Gasteiger partial charge in [0.1, 0.15) is 17.7 Å². The molecule has 0 radical (unpaired) electrons. The fraction of sp³-hybridized carbons (Fsp3) is 0.476. The Labute approximate surface area is 183 Å². The van der Waals surface area contributed by atoms with Crippen molar-refractivity contribution in [1.82, 2.24) is 30.3 Å². The van der Waals surface area contributed by atoms with Gasteiger partial charge in [-0.15, -0.1) is 0 Å². The van der Waals surface area contributed by atoms with Crippen molar-refractivity contribution >= 4 is 23.4 Å². The minimum Gasteiger partial charge on any atom is -0.369 e. The first-order chi connectivity index (χ1) is 15.4. The van der Waals surface area contributed by atoms with E-state index >= 15 is 0 Å². The molecule has 32 heavy (non-hydrogen) atoms. The van der Waals surface area contributed by atoms with Crippen LogP contribution >= 0.6 is 0 Å². The Balaban J connectivity index is 1.32. The third-order valence-electron chi connectivity index (χ3n) is 6.32. The van der Waals surface area contributed by atoms with Crippen molar-refractivity contribution in [1.29, 1.82) is 0 Å². The van der Waals surface area contributed by atoms with E-state index in [1.165, 1.54) is 17.0 Å². The molecule has 168 valence electrons. The second kappa shape index (κ2) is 7.97. The van der Waals surface area contributed by atoms with Crippen LogP contribution in [0.4, 0.5) is 10.1 Å². The monoisotopic (exact) mass is 441 g/mol. The first kappa shape index (κ1) is 20.6. The summed E-state index contributed by atoms with van der Waals surface area (Å²) in [6.07, 6.45) is 0.464. The van der Waals surface area contributed by atoms with E-state index in [1.54, 1.807) is 0 Å². The van der Waals surface area contributed by atoms with Gasteiger partial charge in [0.2, 0.25) is 11.8 Å². The number of hydrogen-bond donors (Lipinski definition) is 2. The molecule has 2 fully saturated rings. The molecule has 0 aliphatic carbocycles. The Kier molecular flexibility index (Phi) is 5.12. The maximum atomic E-state index is 14.5. The number of aromatic nitrogens is 3. The summed E-state index contributed by atoms with van der Waals surface area (Å²) in [7, 11) is 0. The zero-order valence-corrected chi connectivity index (χ0v) is 17.7. The molecule has 0 bridgehead atoms. The lowest BCUT2D eigenvalue weighted by Crippen LogP contribution is -2.52. The van der Waals surface area contributed by atoms with Crippen LogP contribution in [0.15, 0.2) is 12.1 Å². The molecular formula is C21H24FN7O3. The number of H-pyrrole nitrogens is 1. The summed E-state index contributed by atoms with van der Waals surface area (Å²) in [5.41, 5.74) is 1.72. The van der Waals surface area contributed by atoms with Crippen molar-refractivity contribution in [3.8, 4) is 0 Å². The normalized spacial score (nSPS) is 21.8. The highest BCUT2D eigenvalue weighted by atomic mass is 19.1. The molecule has 1 aromatic heterocycles. The lowest BCUT2D eigenvalue weighted by atomic mass is 10.0. The Morgan fingerprint density at radius 1 is 1.16 bits per heavy atom. The fourth-order valence-electron chi connectivity index (χ4n) is 4.70. The second-order valence-corrected chi connectivity index (χ2v) is 8.45. The highest BCUT2D eigenvalue weighted by Crippen LogP contribution is 2.35. The van der Waals surface area contributed by atoms with Gasteiger partial charge in [-0.2, -0.15) is 5.10 Å². The van der Waals surface area contributed by atoms with Crippen LogP contribution in [0.3, 0.4) is 0 Å². The van der Waals surface area contributed by atoms with Crippen LogP contribution in [0, 0.1) is 12.7 Å². The molecule has 4 heterocycles. The van der Waals surface area contributed by atoms with Gasteiger partial charge in [-0.3, -0.25) is 29.7 Å². The third kappa shape index (κ3) is 3.72. The molecule has 2 N–H and O–H groups in total. The molecule has 10 nitrogen and oxygen atoms in total. The molecule has 5 rings (SSSR count). The van der Waals surface area contributed by atoms with Crippen LogP contribution in [-0.4, -0.2) is 74.9 Å². The lowest BCUT2D eigenvalue weighted by molar-refractivity contribution is -0.136. The molecule has 1 atom stereocenters. The number of nitrogens with one attached hydrogen (secondary N) is 2. The average molecular weight is 441 g/mol. The smallest absolute Gasteiger partial charge is 0.255 e. The molecule has 3 aliphatic heterocycles. The van der Waals surface area contributed by atoms with Crippen LogP contribution in [0.5, 0.6) is 0 Å². The fourth-order valence-corrected chi connectivity index (χ4v) is 4.70. The number of rotatable bonds is 4. The van der Waals surface area contributed by atoms with E-state index in [2.05, 4.69) is 30.3 Å². The summed E-state index contributed by atoms with van der Waals surface area (Å²) < 4.78 is 14.5. The number of imide groups is 1. The van der Waals surface area contributed by atoms with Gasteiger partial charge >= 0.3 is 0 Å². The number of carbonyl (C=O) groups is 3. The SMILES string of the molecule is Cc1nc(CN2CCN(c3cc(F)cc4c3CN(C3CCC(=O)NC3=O)C4=O)CC2)n[nH]1. The molecule has 3 aliphatic rings. The van der Waals surface area contributed by atoms with Gasteiger partial charge in [0.25, 0.3) is 5.91 Å². The Morgan fingerprint density at radius 3 is 2.62 bits per heavy atom. The molecule has 3 amide bonds. The number of aryl methyl sites for hydroxylation is 1. The van der Waals surface area contributed by atoms with E-state index in [9.17, 15) is 18.8 Å². The van der Waals surface area contributed by atoms with Crippen LogP contribution in [0.2, 0.25) is 0 Å². The number of hydrogen-bond acceptors (Lipinski definition) is 7. The van der Waals surface area contributed by atoms with Crippen LogP contribution in [0.1, 0.15) is 40.4 Å². The van der Waals surface area contributed by atoms with E-state index in [-0.39, 0.29) is 31.2 Å². The Hall–Kier alpha value is -3.34. The molecule has 0 spiro atoms. The number of carbonyl (C=O) groups excluding carboxylic acids is 3. The van der Waals surface area contributed by atoms with Gasteiger partial charge in [0.15, 0.2) is 5.82 Å². The van der Waals surface area contributed by atoms with E-state index in [0.717, 1.165) is 30.3 Å². The second-order valence-electron chi connectivity index (χ2n) is 8.45. The molecule has 1 unspecified atom stereocenters. The van der Waals surface area contributed by atoms with E-state index in [4.69, 9.17) is 0 Å². The summed E-state index contributed by atoms with van der Waals surface area (Å²) in [5.74, 6) is -0.127. The predicted molar refractivity (Wildman–Crippen MR) is 111 cm³/mol. The maximum absolute atomic E-state index is 14.5. The van der Waals surface area contributed by atoms with E-state index < -0.39 is 17.8 Å². The first-order valence-electron chi connectivity index (χ1n) is 10.7. The van der Waals surface area contributed by atoms with Crippen LogP contribution in [0.25, 0.3) is 0 Å². The number of piperidine rings is 1. The van der Waals surface area contributed by atoms with Gasteiger partial charge in [-0.25, -0.2) is 9.37 Å². The van der Waals surface area contributed by atoms with Crippen LogP contribution in [-0.2, 0) is 22.7 Å². The number of piperazine rings is 1. The molecule has 0 saturated carbocycles. The number of fused-ring (bicyclic) bond motifs is 1. The van der Waals surface area contributed by atoms with Gasteiger partial charge in [0.05, 0.1) is 6.54 Å². The summed E-state index contributed by atoms with van der Waals surface area (Å²) in [6, 6.07) is 1.99. The molecule has 11 heteroatoms. The number of anilines is 1. The molecule has 2 saturated heterocycles. The molecule has 2 aromatic rings. The van der Waals surface area contributed by atoms with Gasteiger partial charge in [-0.05, 0) is 25.5 Å². The summed E-state index contributed by atoms with van der Waals surface area (Å²) >= 11 is 0. The Morgan fingerprint density at radius 2 is 1.94 bits per heavy atom. The average Bonchev–Trinajstić information content (AvgIpc) is 3.31. The standard InChI is InChI=1S/C21H24FN7O3/c1-12-23-18(26-25-12)11-27-4-6-28(7-5-27)17-9-13(22)8-14-15(17)10-29(21(14)32)16-2-3-19(30)24-20(16)31/h8-9,16H,2-7,10-11H2,1H3,(H,23,25,26)(H,24,30,31). The van der Waals surface area contributed by atoms with Crippen molar-refractivity contribution in [2.45, 2.75) is 38.9 Å². The number of halogens is 1. The lowest BCUT2D eigenvalue weighted by Gasteiger charge is -2.36. The van der Waals surface area contributed by atoms with Gasteiger partial charge in [0, 0.05) is 56.0 Å². The zero-order chi connectivity index (χ0) is 22.4. The highest BCUT2D eigenvalue weighted by Gasteiger charge is 2.41. The van der Waals surface area contributed by atoms with Gasteiger partial charge in [-0.1, -0.05) is 0 Å². The number of amides is 3. The molecule has 1 aromatic carbocycles. The topological polar surface area (TPSA) is 115 Å².